The van der Waals surface area contributed by atoms with E-state index in [0.717, 1.165) is 27.8 Å². The molecule has 0 radical (unpaired) electrons. The number of imide groups is 1. The number of rotatable bonds is 8. The molecule has 12 nitrogen and oxygen atoms in total. The molecule has 1 aliphatic rings. The zero-order chi connectivity index (χ0) is 27.2. The van der Waals surface area contributed by atoms with Crippen LogP contribution < -0.4 is 16.0 Å². The maximum atomic E-state index is 13.0. The number of thiophene rings is 1. The largest absolute Gasteiger partial charge is 0.341 e. The number of nitrogens with zero attached hydrogens (tertiary/aromatic N) is 4. The molecule has 14 heteroatoms. The Hall–Kier alpha value is -3.82. The van der Waals surface area contributed by atoms with E-state index in [1.54, 1.807) is 12.1 Å². The molecule has 0 saturated heterocycles. The van der Waals surface area contributed by atoms with Crippen molar-refractivity contribution in [1.29, 1.82) is 10.5 Å². The van der Waals surface area contributed by atoms with Gasteiger partial charge in [-0.2, -0.15) is 14.8 Å². The first-order valence-electron chi connectivity index (χ1n) is 11.2. The fourth-order valence-corrected chi connectivity index (χ4v) is 6.29. The normalized spacial score (nSPS) is 13.2. The van der Waals surface area contributed by atoms with Crippen LogP contribution in [0.2, 0.25) is 0 Å². The smallest absolute Gasteiger partial charge is 0.321 e. The molecule has 1 aromatic carbocycles. The summed E-state index contributed by atoms with van der Waals surface area (Å²) in [5.74, 6) is -1.21. The number of hydrogen-bond donors (Lipinski definition) is 3. The maximum absolute atomic E-state index is 13.0. The summed E-state index contributed by atoms with van der Waals surface area (Å²) in [4.78, 5) is 40.6. The van der Waals surface area contributed by atoms with Crippen LogP contribution in [-0.2, 0) is 23.0 Å². The van der Waals surface area contributed by atoms with Gasteiger partial charge in [-0.05, 0) is 42.8 Å². The number of nitriles is 2. The molecule has 2 heterocycles. The fourth-order valence-electron chi connectivity index (χ4n) is 3.77. The minimum atomic E-state index is -4.11. The Labute approximate surface area is 218 Å². The average Bonchev–Trinajstić information content (AvgIpc) is 3.25. The van der Waals surface area contributed by atoms with Crippen LogP contribution in [0.5, 0.6) is 0 Å². The van der Waals surface area contributed by atoms with Crippen molar-refractivity contribution >= 4 is 44.2 Å². The predicted octanol–water partition coefficient (Wildman–Crippen LogP) is 1.49. The van der Waals surface area contributed by atoms with E-state index >= 15 is 0 Å². The van der Waals surface area contributed by atoms with Gasteiger partial charge in [0.15, 0.2) is 0 Å². The number of benzene rings is 1. The number of carbonyl (C=O) groups excluding carboxylic acids is 3. The molecule has 194 valence electrons. The molecule has 0 spiro atoms. The summed E-state index contributed by atoms with van der Waals surface area (Å²) in [5, 5.41) is 25.4. The molecule has 0 unspecified atom stereocenters. The minimum Gasteiger partial charge on any atom is -0.341 e. The molecule has 37 heavy (non-hydrogen) atoms. The average molecular weight is 544 g/mol. The highest BCUT2D eigenvalue weighted by atomic mass is 32.2. The summed E-state index contributed by atoms with van der Waals surface area (Å²) < 4.78 is 26.2. The number of likely N-dealkylation sites (N-methyl/N-ethyl adjacent to an activating group) is 1. The van der Waals surface area contributed by atoms with Gasteiger partial charge in [0.05, 0.1) is 22.6 Å². The van der Waals surface area contributed by atoms with Gasteiger partial charge in [0.25, 0.3) is 11.8 Å². The van der Waals surface area contributed by atoms with Crippen molar-refractivity contribution in [2.75, 3.05) is 38.5 Å². The van der Waals surface area contributed by atoms with E-state index in [4.69, 9.17) is 10.5 Å². The van der Waals surface area contributed by atoms with Gasteiger partial charge in [0.2, 0.25) is 10.0 Å². The standard InChI is InChI=1S/C23H25N7O5S2/c1-3-29-11-8-17-18(14-29)36-22(19(17)21(32)28-23(33)26-2)27-20(31)15-4-6-16(7-5-15)37(34,35)30(12-9-24)13-10-25/h4-7H,3,8,11-14H2,1-2H3,(H,27,31)(H2,26,28,32,33). The van der Waals surface area contributed by atoms with E-state index in [1.807, 2.05) is 6.92 Å². The van der Waals surface area contributed by atoms with Crippen LogP contribution >= 0.6 is 11.3 Å². The predicted molar refractivity (Wildman–Crippen MR) is 135 cm³/mol. The lowest BCUT2D eigenvalue weighted by Crippen LogP contribution is -2.38. The number of carbonyl (C=O) groups is 3. The van der Waals surface area contributed by atoms with E-state index in [9.17, 15) is 22.8 Å². The Morgan fingerprint density at radius 1 is 1.11 bits per heavy atom. The van der Waals surface area contributed by atoms with Gasteiger partial charge in [0.1, 0.15) is 18.1 Å². The Balaban J connectivity index is 1.88. The number of urea groups is 1. The summed E-state index contributed by atoms with van der Waals surface area (Å²) in [6, 6.07) is 7.78. The number of fused-ring (bicyclic) bond motifs is 1. The molecule has 1 aliphatic heterocycles. The third kappa shape index (κ3) is 6.12. The Kier molecular flexibility index (Phi) is 8.96. The molecule has 0 fully saturated rings. The zero-order valence-corrected chi connectivity index (χ0v) is 21.8. The van der Waals surface area contributed by atoms with Crippen molar-refractivity contribution < 1.29 is 22.8 Å². The van der Waals surface area contributed by atoms with Crippen molar-refractivity contribution in [3.8, 4) is 12.1 Å². The highest BCUT2D eigenvalue weighted by molar-refractivity contribution is 7.89. The van der Waals surface area contributed by atoms with Crippen LogP contribution in [0.4, 0.5) is 9.80 Å². The SMILES string of the molecule is CCN1CCc2c(sc(NC(=O)c3ccc(S(=O)(=O)N(CC#N)CC#N)cc3)c2C(=O)NC(=O)NC)C1. The highest BCUT2D eigenvalue weighted by Crippen LogP contribution is 2.37. The third-order valence-corrected chi connectivity index (χ3v) is 8.68. The molecule has 0 bridgehead atoms. The highest BCUT2D eigenvalue weighted by Gasteiger charge is 2.29. The summed E-state index contributed by atoms with van der Waals surface area (Å²) >= 11 is 1.26. The van der Waals surface area contributed by atoms with Gasteiger partial charge in [-0.1, -0.05) is 6.92 Å². The van der Waals surface area contributed by atoms with Gasteiger partial charge < -0.3 is 10.6 Å². The Morgan fingerprint density at radius 3 is 2.32 bits per heavy atom. The fraction of sp³-hybridized carbons (Fsp3) is 0.348. The third-order valence-electron chi connectivity index (χ3n) is 5.74. The van der Waals surface area contributed by atoms with Crippen molar-refractivity contribution in [2.24, 2.45) is 0 Å². The van der Waals surface area contributed by atoms with E-state index < -0.39 is 41.0 Å². The van der Waals surface area contributed by atoms with Crippen LogP contribution in [0, 0.1) is 22.7 Å². The summed E-state index contributed by atoms with van der Waals surface area (Å²) in [7, 11) is -2.72. The van der Waals surface area contributed by atoms with E-state index in [1.165, 1.54) is 42.6 Å². The minimum absolute atomic E-state index is 0.130. The number of amides is 4. The molecular formula is C23H25N7O5S2. The molecule has 3 rings (SSSR count). The lowest BCUT2D eigenvalue weighted by Gasteiger charge is -2.25. The van der Waals surface area contributed by atoms with Gasteiger partial charge in [0, 0.05) is 30.6 Å². The van der Waals surface area contributed by atoms with Crippen LogP contribution in [0.3, 0.4) is 0 Å². The number of anilines is 1. The summed E-state index contributed by atoms with van der Waals surface area (Å²) in [6.45, 7) is 3.23. The number of nitrogens with one attached hydrogen (secondary N) is 3. The number of sulfonamides is 1. The number of hydrogen-bond acceptors (Lipinski definition) is 9. The second kappa shape index (κ2) is 11.9. The van der Waals surface area contributed by atoms with Gasteiger partial charge in [-0.25, -0.2) is 13.2 Å². The summed E-state index contributed by atoms with van der Waals surface area (Å²) in [6.07, 6.45) is 0.584. The van der Waals surface area contributed by atoms with E-state index in [2.05, 4.69) is 20.9 Å². The topological polar surface area (TPSA) is 175 Å². The molecular weight excluding hydrogens is 518 g/mol. The van der Waals surface area contributed by atoms with E-state index in [-0.39, 0.29) is 16.0 Å². The van der Waals surface area contributed by atoms with E-state index in [0.29, 0.717) is 18.0 Å². The maximum Gasteiger partial charge on any atom is 0.321 e. The molecule has 3 N–H and O–H groups in total. The molecule has 2 aromatic rings. The lowest BCUT2D eigenvalue weighted by molar-refractivity contribution is 0.0964. The van der Waals surface area contributed by atoms with Gasteiger partial charge in [-0.15, -0.1) is 11.3 Å². The first-order chi connectivity index (χ1) is 17.7. The summed E-state index contributed by atoms with van der Waals surface area (Å²) in [5.41, 5.74) is 1.14. The van der Waals surface area contributed by atoms with Crippen LogP contribution in [-0.4, -0.2) is 68.7 Å². The van der Waals surface area contributed by atoms with Crippen molar-refractivity contribution in [3.63, 3.8) is 0 Å². The van der Waals surface area contributed by atoms with Gasteiger partial charge >= 0.3 is 6.03 Å². The van der Waals surface area contributed by atoms with Crippen LogP contribution in [0.1, 0.15) is 38.1 Å². The van der Waals surface area contributed by atoms with Crippen molar-refractivity contribution in [2.45, 2.75) is 24.8 Å². The second-order valence-electron chi connectivity index (χ2n) is 7.93. The quantitative estimate of drug-likeness (QED) is 0.420. The first kappa shape index (κ1) is 27.8. The Morgan fingerprint density at radius 2 is 1.76 bits per heavy atom. The van der Waals surface area contributed by atoms with Crippen molar-refractivity contribution in [1.82, 2.24) is 19.8 Å². The molecule has 0 atom stereocenters. The molecule has 1 aromatic heterocycles. The monoisotopic (exact) mass is 543 g/mol. The molecule has 0 saturated carbocycles. The lowest BCUT2D eigenvalue weighted by atomic mass is 10.0. The molecule has 0 aliphatic carbocycles. The Bertz CT molecular complexity index is 1370. The van der Waals surface area contributed by atoms with Gasteiger partial charge in [-0.3, -0.25) is 19.8 Å². The molecule has 4 amide bonds. The van der Waals surface area contributed by atoms with Crippen LogP contribution in [0.15, 0.2) is 29.2 Å². The zero-order valence-electron chi connectivity index (χ0n) is 20.2. The van der Waals surface area contributed by atoms with Crippen LogP contribution in [0.25, 0.3) is 0 Å². The second-order valence-corrected chi connectivity index (χ2v) is 11.0. The first-order valence-corrected chi connectivity index (χ1v) is 13.5. The van der Waals surface area contributed by atoms with Crippen molar-refractivity contribution in [3.05, 3.63) is 45.8 Å².